The number of amides is 2. The van der Waals surface area contributed by atoms with Crippen LogP contribution in [0.4, 0.5) is 5.69 Å². The Hall–Kier alpha value is -3.13. The molecule has 0 radical (unpaired) electrons. The van der Waals surface area contributed by atoms with Crippen molar-refractivity contribution in [1.82, 2.24) is 4.90 Å². The number of nitriles is 1. The molecule has 0 aliphatic carbocycles. The number of nitrogens with zero attached hydrogens (tertiary/aromatic N) is 2. The Kier molecular flexibility index (Phi) is 6.44. The number of nitrogens with one attached hydrogen (secondary N) is 1. The van der Waals surface area contributed by atoms with E-state index >= 15 is 0 Å². The predicted octanol–water partition coefficient (Wildman–Crippen LogP) is 3.89. The maximum absolute atomic E-state index is 12.8. The van der Waals surface area contributed by atoms with Gasteiger partial charge in [-0.15, -0.1) is 0 Å². The minimum atomic E-state index is -0.169. The lowest BCUT2D eigenvalue weighted by atomic mass is 9.89. The van der Waals surface area contributed by atoms with Crippen molar-refractivity contribution in [2.24, 2.45) is 5.92 Å². The van der Waals surface area contributed by atoms with Crippen LogP contribution in [0, 0.1) is 17.2 Å². The maximum Gasteiger partial charge on any atom is 0.227 e. The Morgan fingerprint density at radius 1 is 1.21 bits per heavy atom. The second-order valence-electron chi connectivity index (χ2n) is 7.21. The van der Waals surface area contributed by atoms with Crippen molar-refractivity contribution in [2.75, 3.05) is 11.9 Å². The van der Waals surface area contributed by atoms with Crippen molar-refractivity contribution in [1.29, 1.82) is 5.26 Å². The highest BCUT2D eigenvalue weighted by Gasteiger charge is 2.27. The molecule has 0 aromatic heterocycles. The van der Waals surface area contributed by atoms with Gasteiger partial charge in [0.05, 0.1) is 11.6 Å². The fourth-order valence-electron chi connectivity index (χ4n) is 3.57. The molecule has 1 aliphatic heterocycles. The molecule has 2 amide bonds. The molecule has 0 saturated carbocycles. The fourth-order valence-corrected chi connectivity index (χ4v) is 3.57. The zero-order valence-corrected chi connectivity index (χ0v) is 16.1. The first-order chi connectivity index (χ1) is 13.6. The van der Waals surface area contributed by atoms with E-state index in [4.69, 9.17) is 5.26 Å². The molecule has 5 heteroatoms. The zero-order valence-electron chi connectivity index (χ0n) is 16.1. The Morgan fingerprint density at radius 3 is 2.68 bits per heavy atom. The number of hydrogen-bond acceptors (Lipinski definition) is 3. The van der Waals surface area contributed by atoms with Crippen LogP contribution in [0.5, 0.6) is 0 Å². The molecule has 2 aromatic carbocycles. The third-order valence-electron chi connectivity index (χ3n) is 5.12. The number of hydrogen-bond donors (Lipinski definition) is 1. The number of rotatable bonds is 7. The van der Waals surface area contributed by atoms with Crippen LogP contribution in [0.1, 0.15) is 42.9 Å². The van der Waals surface area contributed by atoms with E-state index in [1.165, 1.54) is 0 Å². The summed E-state index contributed by atoms with van der Waals surface area (Å²) in [4.78, 5) is 27.0. The first-order valence-corrected chi connectivity index (χ1v) is 9.76. The summed E-state index contributed by atoms with van der Waals surface area (Å²) in [5.41, 5.74) is 3.62. The van der Waals surface area contributed by atoms with Crippen molar-refractivity contribution < 1.29 is 9.59 Å². The molecular weight excluding hydrogens is 350 g/mol. The van der Waals surface area contributed by atoms with Crippen LogP contribution in [0.3, 0.4) is 0 Å². The summed E-state index contributed by atoms with van der Waals surface area (Å²) < 4.78 is 0. The number of benzene rings is 2. The highest BCUT2D eigenvalue weighted by molar-refractivity contribution is 5.96. The highest BCUT2D eigenvalue weighted by Crippen LogP contribution is 2.27. The van der Waals surface area contributed by atoms with Gasteiger partial charge < -0.3 is 10.2 Å². The van der Waals surface area contributed by atoms with Gasteiger partial charge in [0.25, 0.3) is 0 Å². The van der Waals surface area contributed by atoms with Crippen molar-refractivity contribution in [3.8, 4) is 6.07 Å². The molecule has 3 rings (SSSR count). The van der Waals surface area contributed by atoms with Gasteiger partial charge in [-0.3, -0.25) is 9.59 Å². The lowest BCUT2D eigenvalue weighted by Crippen LogP contribution is -2.34. The van der Waals surface area contributed by atoms with Gasteiger partial charge in [-0.25, -0.2) is 0 Å². The lowest BCUT2D eigenvalue weighted by molar-refractivity contribution is -0.132. The minimum absolute atomic E-state index is 0.000587. The Labute approximate surface area is 166 Å². The number of anilines is 1. The minimum Gasteiger partial charge on any atom is -0.338 e. The highest BCUT2D eigenvalue weighted by atomic mass is 16.2. The molecule has 1 atom stereocenters. The van der Waals surface area contributed by atoms with E-state index in [0.717, 1.165) is 23.2 Å². The molecule has 0 fully saturated rings. The lowest BCUT2D eigenvalue weighted by Gasteiger charge is -2.26. The van der Waals surface area contributed by atoms with E-state index in [1.807, 2.05) is 48.2 Å². The largest absolute Gasteiger partial charge is 0.338 e. The Morgan fingerprint density at radius 2 is 1.96 bits per heavy atom. The van der Waals surface area contributed by atoms with Crippen molar-refractivity contribution in [3.05, 3.63) is 65.2 Å². The summed E-state index contributed by atoms with van der Waals surface area (Å²) >= 11 is 0. The monoisotopic (exact) mass is 375 g/mol. The fraction of sp³-hybridized carbons (Fsp3) is 0.348. The van der Waals surface area contributed by atoms with Gasteiger partial charge in [-0.1, -0.05) is 37.3 Å². The average molecular weight is 375 g/mol. The van der Waals surface area contributed by atoms with E-state index in [9.17, 15) is 9.59 Å². The summed E-state index contributed by atoms with van der Waals surface area (Å²) in [6.45, 7) is 3.25. The molecule has 0 bridgehead atoms. The Bertz CT molecular complexity index is 883. The van der Waals surface area contributed by atoms with Gasteiger partial charge in [0, 0.05) is 31.1 Å². The van der Waals surface area contributed by atoms with Crippen LogP contribution >= 0.6 is 0 Å². The summed E-state index contributed by atoms with van der Waals surface area (Å²) in [7, 11) is 0. The topological polar surface area (TPSA) is 73.2 Å². The van der Waals surface area contributed by atoms with E-state index in [2.05, 4.69) is 11.4 Å². The van der Waals surface area contributed by atoms with E-state index in [-0.39, 0.29) is 17.7 Å². The van der Waals surface area contributed by atoms with Crippen molar-refractivity contribution >= 4 is 17.5 Å². The van der Waals surface area contributed by atoms with Crippen molar-refractivity contribution in [3.63, 3.8) is 0 Å². The SMILES string of the molecule is CCCN(Cc1ccc(C#N)cc1)C(=O)CCC1Cc2ccccc2NC1=O. The van der Waals surface area contributed by atoms with Gasteiger partial charge >= 0.3 is 0 Å². The van der Waals surface area contributed by atoms with Gasteiger partial charge in [0.1, 0.15) is 0 Å². The molecule has 1 heterocycles. The van der Waals surface area contributed by atoms with Crippen LogP contribution in [0.25, 0.3) is 0 Å². The van der Waals surface area contributed by atoms with E-state index in [1.54, 1.807) is 12.1 Å². The molecule has 0 spiro atoms. The van der Waals surface area contributed by atoms with Gasteiger partial charge in [0.15, 0.2) is 0 Å². The molecule has 1 N–H and O–H groups in total. The summed E-state index contributed by atoms with van der Waals surface area (Å²) in [6.07, 6.45) is 2.46. The smallest absolute Gasteiger partial charge is 0.227 e. The molecule has 1 aliphatic rings. The predicted molar refractivity (Wildman–Crippen MR) is 108 cm³/mol. The summed E-state index contributed by atoms with van der Waals surface area (Å²) in [6, 6.07) is 17.2. The summed E-state index contributed by atoms with van der Waals surface area (Å²) in [5.74, 6) is -0.101. The second-order valence-corrected chi connectivity index (χ2v) is 7.21. The second kappa shape index (κ2) is 9.18. The third kappa shape index (κ3) is 4.77. The van der Waals surface area contributed by atoms with Gasteiger partial charge in [-0.2, -0.15) is 5.26 Å². The van der Waals surface area contributed by atoms with Gasteiger partial charge in [-0.05, 0) is 48.6 Å². The van der Waals surface area contributed by atoms with Crippen molar-refractivity contribution in [2.45, 2.75) is 39.2 Å². The first-order valence-electron chi connectivity index (χ1n) is 9.76. The molecule has 0 saturated heterocycles. The number of fused-ring (bicyclic) bond motifs is 1. The summed E-state index contributed by atoms with van der Waals surface area (Å²) in [5, 5.41) is 11.9. The molecule has 2 aromatic rings. The third-order valence-corrected chi connectivity index (χ3v) is 5.12. The average Bonchev–Trinajstić information content (AvgIpc) is 2.72. The Balaban J connectivity index is 1.59. The molecule has 1 unspecified atom stereocenters. The first kappa shape index (κ1) is 19.6. The quantitative estimate of drug-likeness (QED) is 0.798. The number of carbonyl (C=O) groups is 2. The normalized spacial score (nSPS) is 15.3. The van der Waals surface area contributed by atoms with Crippen LogP contribution in [-0.2, 0) is 22.6 Å². The molecule has 5 nitrogen and oxygen atoms in total. The molecule has 144 valence electrons. The van der Waals surface area contributed by atoms with Crippen LogP contribution in [0.2, 0.25) is 0 Å². The number of para-hydroxylation sites is 1. The number of carbonyl (C=O) groups excluding carboxylic acids is 2. The molecular formula is C23H25N3O2. The van der Waals surface area contributed by atoms with E-state index < -0.39 is 0 Å². The molecule has 28 heavy (non-hydrogen) atoms. The van der Waals surface area contributed by atoms with Crippen LogP contribution in [-0.4, -0.2) is 23.3 Å². The van der Waals surface area contributed by atoms with Crippen LogP contribution < -0.4 is 5.32 Å². The maximum atomic E-state index is 12.8. The van der Waals surface area contributed by atoms with Gasteiger partial charge in [0.2, 0.25) is 11.8 Å². The van der Waals surface area contributed by atoms with Crippen LogP contribution in [0.15, 0.2) is 48.5 Å². The van der Waals surface area contributed by atoms with E-state index in [0.29, 0.717) is 37.9 Å². The standard InChI is InChI=1S/C23H25N3O2/c1-2-13-26(16-18-9-7-17(15-24)8-10-18)22(27)12-11-20-14-19-5-3-4-6-21(19)25-23(20)28/h3-10,20H,2,11-14,16H2,1H3,(H,25,28). The zero-order chi connectivity index (χ0) is 19.9.